The highest BCUT2D eigenvalue weighted by molar-refractivity contribution is 7.89. The number of hydrogen-bond donors (Lipinski definition) is 0. The summed E-state index contributed by atoms with van der Waals surface area (Å²) in [5.74, 6) is -2.65. The molecule has 2 heterocycles. The Bertz CT molecular complexity index is 1090. The van der Waals surface area contributed by atoms with Gasteiger partial charge in [0.05, 0.1) is 13.2 Å². The monoisotopic (exact) mass is 468 g/mol. The number of nitrogens with zero attached hydrogens (tertiary/aromatic N) is 2. The predicted octanol–water partition coefficient (Wildman–Crippen LogP) is 3.10. The van der Waals surface area contributed by atoms with Crippen molar-refractivity contribution in [2.75, 3.05) is 32.8 Å². The maximum absolute atomic E-state index is 14.0. The van der Waals surface area contributed by atoms with Gasteiger partial charge in [0, 0.05) is 25.6 Å². The highest BCUT2D eigenvalue weighted by Gasteiger charge is 2.36. The van der Waals surface area contributed by atoms with Crippen LogP contribution >= 0.6 is 0 Å². The van der Waals surface area contributed by atoms with Crippen molar-refractivity contribution in [1.82, 2.24) is 9.21 Å². The second kappa shape index (κ2) is 9.21. The van der Waals surface area contributed by atoms with E-state index in [1.54, 1.807) is 17.0 Å². The van der Waals surface area contributed by atoms with Crippen LogP contribution in [0.2, 0.25) is 0 Å². The fourth-order valence-electron chi connectivity index (χ4n) is 4.14. The number of carbonyl (C=O) groups is 1. The maximum atomic E-state index is 14.0. The van der Waals surface area contributed by atoms with E-state index in [0.29, 0.717) is 25.8 Å². The molecule has 32 heavy (non-hydrogen) atoms. The van der Waals surface area contributed by atoms with Gasteiger partial charge < -0.3 is 9.64 Å². The van der Waals surface area contributed by atoms with E-state index in [2.05, 4.69) is 0 Å². The molecule has 2 aliphatic rings. The van der Waals surface area contributed by atoms with E-state index in [-0.39, 0.29) is 49.7 Å². The van der Waals surface area contributed by atoms with Crippen LogP contribution in [0.25, 0.3) is 0 Å². The van der Waals surface area contributed by atoms with Gasteiger partial charge in [0.15, 0.2) is 0 Å². The minimum Gasteiger partial charge on any atom is -0.370 e. The first-order valence-corrected chi connectivity index (χ1v) is 11.8. The van der Waals surface area contributed by atoms with Gasteiger partial charge in [-0.15, -0.1) is 0 Å². The topological polar surface area (TPSA) is 66.9 Å². The maximum Gasteiger partial charge on any atom is 0.246 e. The predicted molar refractivity (Wildman–Crippen MR) is 110 cm³/mol. The van der Waals surface area contributed by atoms with E-state index in [4.69, 9.17) is 4.74 Å². The molecular formula is C22H23F3N2O4S. The molecule has 2 saturated heterocycles. The standard InChI is InChI=1S/C22H23F3N2O4S/c23-17-3-1-15(2-4-17)20-14-26(11-12-31-20)22(28)16-7-9-27(10-8-16)32(29,30)21-13-18(24)5-6-19(21)25/h1-6,13,16,20H,7-12,14H2. The Kier molecular flexibility index (Phi) is 6.55. The molecule has 1 atom stereocenters. The molecule has 6 nitrogen and oxygen atoms in total. The summed E-state index contributed by atoms with van der Waals surface area (Å²) in [6.45, 7) is 1.18. The van der Waals surface area contributed by atoms with Gasteiger partial charge in [-0.25, -0.2) is 21.6 Å². The Balaban J connectivity index is 1.39. The molecule has 172 valence electrons. The number of benzene rings is 2. The highest BCUT2D eigenvalue weighted by Crippen LogP contribution is 2.29. The smallest absolute Gasteiger partial charge is 0.246 e. The molecule has 1 amide bonds. The number of piperidine rings is 1. The lowest BCUT2D eigenvalue weighted by Gasteiger charge is -2.37. The van der Waals surface area contributed by atoms with Crippen LogP contribution in [-0.2, 0) is 19.6 Å². The van der Waals surface area contributed by atoms with Gasteiger partial charge in [-0.3, -0.25) is 4.79 Å². The lowest BCUT2D eigenvalue weighted by molar-refractivity contribution is -0.144. The molecule has 0 aliphatic carbocycles. The average molecular weight is 468 g/mol. The molecule has 10 heteroatoms. The van der Waals surface area contributed by atoms with Gasteiger partial charge in [0.25, 0.3) is 0 Å². The molecule has 2 aromatic carbocycles. The van der Waals surface area contributed by atoms with Crippen LogP contribution in [0.5, 0.6) is 0 Å². The van der Waals surface area contributed by atoms with E-state index < -0.39 is 26.6 Å². The second-order valence-corrected chi connectivity index (χ2v) is 9.85. The number of ether oxygens (including phenoxy) is 1. The van der Waals surface area contributed by atoms with Crippen LogP contribution in [0, 0.1) is 23.4 Å². The van der Waals surface area contributed by atoms with Crippen molar-refractivity contribution in [3.05, 3.63) is 65.5 Å². The normalized spacial score (nSPS) is 21.0. The SMILES string of the molecule is O=C(C1CCN(S(=O)(=O)c2cc(F)ccc2F)CC1)N1CCOC(c2ccc(F)cc2)C1. The molecule has 0 saturated carbocycles. The summed E-state index contributed by atoms with van der Waals surface area (Å²) in [6.07, 6.45) is 0.214. The number of morpholine rings is 1. The van der Waals surface area contributed by atoms with E-state index in [0.717, 1.165) is 22.0 Å². The summed E-state index contributed by atoms with van der Waals surface area (Å²) in [7, 11) is -4.19. The summed E-state index contributed by atoms with van der Waals surface area (Å²) in [4.78, 5) is 14.0. The first-order valence-electron chi connectivity index (χ1n) is 10.4. The van der Waals surface area contributed by atoms with Gasteiger partial charge in [-0.05, 0) is 48.7 Å². The van der Waals surface area contributed by atoms with E-state index in [1.807, 2.05) is 0 Å². The van der Waals surface area contributed by atoms with Gasteiger partial charge in [-0.1, -0.05) is 12.1 Å². The first-order chi connectivity index (χ1) is 15.3. The second-order valence-electron chi connectivity index (χ2n) is 7.95. The number of rotatable bonds is 4. The summed E-state index contributed by atoms with van der Waals surface area (Å²) < 4.78 is 73.0. The van der Waals surface area contributed by atoms with Crippen molar-refractivity contribution < 1.29 is 31.1 Å². The number of hydrogen-bond acceptors (Lipinski definition) is 4. The Morgan fingerprint density at radius 3 is 2.28 bits per heavy atom. The Morgan fingerprint density at radius 2 is 1.59 bits per heavy atom. The fourth-order valence-corrected chi connectivity index (χ4v) is 5.69. The summed E-state index contributed by atoms with van der Waals surface area (Å²) in [5, 5.41) is 0. The molecule has 2 aromatic rings. The quantitative estimate of drug-likeness (QED) is 0.692. The molecule has 0 bridgehead atoms. The van der Waals surface area contributed by atoms with Crippen molar-refractivity contribution in [2.24, 2.45) is 5.92 Å². The molecule has 2 fully saturated rings. The number of carbonyl (C=O) groups excluding carboxylic acids is 1. The molecule has 1 unspecified atom stereocenters. The van der Waals surface area contributed by atoms with Crippen LogP contribution in [0.3, 0.4) is 0 Å². The minimum absolute atomic E-state index is 0.0421. The lowest BCUT2D eigenvalue weighted by atomic mass is 9.96. The third-order valence-corrected chi connectivity index (χ3v) is 7.85. The third kappa shape index (κ3) is 4.67. The van der Waals surface area contributed by atoms with Gasteiger partial charge in [0.1, 0.15) is 28.5 Å². The Morgan fingerprint density at radius 1 is 0.938 bits per heavy atom. The van der Waals surface area contributed by atoms with E-state index in [1.165, 1.54) is 12.1 Å². The molecular weight excluding hydrogens is 445 g/mol. The van der Waals surface area contributed by atoms with Crippen LogP contribution < -0.4 is 0 Å². The van der Waals surface area contributed by atoms with Crippen molar-refractivity contribution in [3.8, 4) is 0 Å². The summed E-state index contributed by atoms with van der Waals surface area (Å²) in [5.41, 5.74) is 0.780. The lowest BCUT2D eigenvalue weighted by Crippen LogP contribution is -2.48. The van der Waals surface area contributed by atoms with Crippen molar-refractivity contribution in [2.45, 2.75) is 23.8 Å². The van der Waals surface area contributed by atoms with Crippen molar-refractivity contribution in [1.29, 1.82) is 0 Å². The molecule has 0 aromatic heterocycles. The van der Waals surface area contributed by atoms with Crippen molar-refractivity contribution in [3.63, 3.8) is 0 Å². The summed E-state index contributed by atoms with van der Waals surface area (Å²) in [6, 6.07) is 8.26. The summed E-state index contributed by atoms with van der Waals surface area (Å²) >= 11 is 0. The van der Waals surface area contributed by atoms with Crippen LogP contribution in [0.4, 0.5) is 13.2 Å². The fraction of sp³-hybridized carbons (Fsp3) is 0.409. The molecule has 0 radical (unpaired) electrons. The number of amides is 1. The van der Waals surface area contributed by atoms with Crippen molar-refractivity contribution >= 4 is 15.9 Å². The Hall–Kier alpha value is -2.43. The van der Waals surface area contributed by atoms with Gasteiger partial charge in [0.2, 0.25) is 15.9 Å². The zero-order valence-electron chi connectivity index (χ0n) is 17.2. The third-order valence-electron chi connectivity index (χ3n) is 5.93. The molecule has 4 rings (SSSR count). The minimum atomic E-state index is -4.19. The van der Waals surface area contributed by atoms with Crippen LogP contribution in [-0.4, -0.2) is 56.3 Å². The van der Waals surface area contributed by atoms with Gasteiger partial charge in [-0.2, -0.15) is 4.31 Å². The average Bonchev–Trinajstić information content (AvgIpc) is 2.80. The first kappa shape index (κ1) is 22.8. The zero-order valence-corrected chi connectivity index (χ0v) is 18.0. The zero-order chi connectivity index (χ0) is 22.9. The van der Waals surface area contributed by atoms with E-state index >= 15 is 0 Å². The molecule has 2 aliphatic heterocycles. The number of sulfonamides is 1. The molecule has 0 N–H and O–H groups in total. The highest BCUT2D eigenvalue weighted by atomic mass is 32.2. The molecule has 0 spiro atoms. The Labute approximate surface area is 184 Å². The van der Waals surface area contributed by atoms with Gasteiger partial charge >= 0.3 is 0 Å². The number of halogens is 3. The van der Waals surface area contributed by atoms with Crippen LogP contribution in [0.1, 0.15) is 24.5 Å². The largest absolute Gasteiger partial charge is 0.370 e. The van der Waals surface area contributed by atoms with E-state index in [9.17, 15) is 26.4 Å². The van der Waals surface area contributed by atoms with Crippen LogP contribution in [0.15, 0.2) is 47.4 Å².